The van der Waals surface area contributed by atoms with Crippen LogP contribution in [0.5, 0.6) is 0 Å². The highest BCUT2D eigenvalue weighted by molar-refractivity contribution is 6.10. The molecule has 0 atom stereocenters. The number of para-hydroxylation sites is 1. The minimum Gasteiger partial charge on any atom is -0.347 e. The third-order valence-electron chi connectivity index (χ3n) is 5.34. The number of nitrogens with zero attached hydrogens (tertiary/aromatic N) is 3. The molecule has 1 aromatic carbocycles. The van der Waals surface area contributed by atoms with Crippen LogP contribution in [0.15, 0.2) is 54.7 Å². The summed E-state index contributed by atoms with van der Waals surface area (Å²) in [6.45, 7) is 0. The summed E-state index contributed by atoms with van der Waals surface area (Å²) >= 11 is 0. The number of amides is 2. The average molecular weight is 376 g/mol. The number of carbonyl (C=O) groups is 2. The number of fused-ring (bicyclic) bond motifs is 1. The van der Waals surface area contributed by atoms with Crippen molar-refractivity contribution in [2.24, 2.45) is 0 Å². The number of rotatable bonds is 4. The Labute approximate surface area is 164 Å². The molecule has 0 aliphatic heterocycles. The highest BCUT2D eigenvalue weighted by Crippen LogP contribution is 2.21. The van der Waals surface area contributed by atoms with Crippen molar-refractivity contribution in [2.75, 3.05) is 11.9 Å². The maximum Gasteiger partial charge on any atom is 0.287 e. The fourth-order valence-electron chi connectivity index (χ4n) is 3.78. The van der Waals surface area contributed by atoms with Gasteiger partial charge in [-0.15, -0.1) is 0 Å². The van der Waals surface area contributed by atoms with Crippen molar-refractivity contribution in [1.29, 1.82) is 0 Å². The minimum absolute atomic E-state index is 0.184. The lowest BCUT2D eigenvalue weighted by molar-refractivity contribution is 0.0916. The molecule has 0 saturated heterocycles. The number of pyridine rings is 1. The second kappa shape index (κ2) is 7.84. The van der Waals surface area contributed by atoms with E-state index >= 15 is 0 Å². The molecule has 2 aromatic heterocycles. The largest absolute Gasteiger partial charge is 0.347 e. The molecule has 4 rings (SSSR count). The van der Waals surface area contributed by atoms with E-state index < -0.39 is 0 Å². The molecule has 0 spiro atoms. The van der Waals surface area contributed by atoms with Crippen LogP contribution in [0, 0.1) is 0 Å². The van der Waals surface area contributed by atoms with Crippen molar-refractivity contribution >= 4 is 23.0 Å². The quantitative estimate of drug-likeness (QED) is 0.755. The van der Waals surface area contributed by atoms with Gasteiger partial charge >= 0.3 is 0 Å². The van der Waals surface area contributed by atoms with Gasteiger partial charge in [-0.25, -0.2) is 4.98 Å². The number of nitrogens with one attached hydrogen (secondary N) is 1. The molecule has 1 saturated carbocycles. The van der Waals surface area contributed by atoms with Gasteiger partial charge in [0.15, 0.2) is 5.69 Å². The highest BCUT2D eigenvalue weighted by Gasteiger charge is 2.25. The molecule has 0 radical (unpaired) electrons. The molecule has 6 heteroatoms. The lowest BCUT2D eigenvalue weighted by Gasteiger charge is -2.22. The van der Waals surface area contributed by atoms with Gasteiger partial charge in [0.25, 0.3) is 11.8 Å². The molecular weight excluding hydrogens is 352 g/mol. The molecule has 1 fully saturated rings. The molecule has 1 aliphatic rings. The summed E-state index contributed by atoms with van der Waals surface area (Å²) in [6.07, 6.45) is 7.27. The number of imidazole rings is 1. The van der Waals surface area contributed by atoms with Crippen LogP contribution in [-0.2, 0) is 0 Å². The highest BCUT2D eigenvalue weighted by atomic mass is 16.2. The van der Waals surface area contributed by atoms with Crippen molar-refractivity contribution in [3.05, 3.63) is 66.2 Å². The van der Waals surface area contributed by atoms with Crippen LogP contribution >= 0.6 is 0 Å². The van der Waals surface area contributed by atoms with Crippen LogP contribution in [0.3, 0.4) is 0 Å². The Morgan fingerprint density at radius 1 is 1.04 bits per heavy atom. The van der Waals surface area contributed by atoms with Crippen LogP contribution in [0.4, 0.5) is 5.69 Å². The zero-order valence-corrected chi connectivity index (χ0v) is 16.0. The monoisotopic (exact) mass is 376 g/mol. The van der Waals surface area contributed by atoms with Crippen molar-refractivity contribution in [3.8, 4) is 0 Å². The number of hydrogen-bond acceptors (Lipinski definition) is 3. The van der Waals surface area contributed by atoms with Gasteiger partial charge in [0.2, 0.25) is 5.82 Å². The van der Waals surface area contributed by atoms with Gasteiger partial charge in [-0.3, -0.25) is 14.0 Å². The fraction of sp³-hybridized carbons (Fsp3) is 0.318. The fourth-order valence-corrected chi connectivity index (χ4v) is 3.78. The lowest BCUT2D eigenvalue weighted by Crippen LogP contribution is -2.37. The Morgan fingerprint density at radius 2 is 1.75 bits per heavy atom. The van der Waals surface area contributed by atoms with Gasteiger partial charge in [0.1, 0.15) is 0 Å². The SMILES string of the molecule is CN(C(=O)c1nc(C(=O)NC2CCCCC2)n2ccccc12)c1ccccc1. The third-order valence-corrected chi connectivity index (χ3v) is 5.34. The molecule has 0 unspecified atom stereocenters. The van der Waals surface area contributed by atoms with Crippen LogP contribution in [0.2, 0.25) is 0 Å². The van der Waals surface area contributed by atoms with E-state index in [0.717, 1.165) is 31.4 Å². The summed E-state index contributed by atoms with van der Waals surface area (Å²) in [5.41, 5.74) is 1.68. The summed E-state index contributed by atoms with van der Waals surface area (Å²) < 4.78 is 1.70. The first kappa shape index (κ1) is 18.2. The molecule has 144 valence electrons. The Bertz CT molecular complexity index is 990. The standard InChI is InChI=1S/C22H24N4O2/c1-25(17-12-6-3-7-13-17)22(28)19-18-14-8-9-15-26(18)20(24-19)21(27)23-16-10-4-2-5-11-16/h3,6-9,12-16H,2,4-5,10-11H2,1H3,(H,23,27). The zero-order chi connectivity index (χ0) is 19.5. The minimum atomic E-state index is -0.244. The van der Waals surface area contributed by atoms with E-state index in [1.165, 1.54) is 6.42 Å². The Balaban J connectivity index is 1.66. The molecule has 6 nitrogen and oxygen atoms in total. The van der Waals surface area contributed by atoms with Gasteiger partial charge in [0.05, 0.1) is 5.52 Å². The lowest BCUT2D eigenvalue weighted by atomic mass is 9.95. The number of benzene rings is 1. The normalized spacial score (nSPS) is 14.8. The van der Waals surface area contributed by atoms with E-state index in [2.05, 4.69) is 10.3 Å². The molecule has 1 aliphatic carbocycles. The molecular formula is C22H24N4O2. The maximum absolute atomic E-state index is 13.1. The van der Waals surface area contributed by atoms with Gasteiger partial charge in [-0.05, 0) is 37.1 Å². The number of anilines is 1. The average Bonchev–Trinajstić information content (AvgIpc) is 3.14. The topological polar surface area (TPSA) is 66.7 Å². The first-order valence-electron chi connectivity index (χ1n) is 9.76. The second-order valence-electron chi connectivity index (χ2n) is 7.25. The Kier molecular flexibility index (Phi) is 5.10. The van der Waals surface area contributed by atoms with Gasteiger partial charge in [0, 0.05) is 25.0 Å². The molecule has 3 aromatic rings. The molecule has 2 heterocycles. The summed E-state index contributed by atoms with van der Waals surface area (Å²) in [4.78, 5) is 32.0. The summed E-state index contributed by atoms with van der Waals surface area (Å²) in [6, 6.07) is 15.1. The zero-order valence-electron chi connectivity index (χ0n) is 16.0. The van der Waals surface area contributed by atoms with Crippen molar-refractivity contribution in [2.45, 2.75) is 38.1 Å². The first-order chi connectivity index (χ1) is 13.6. The second-order valence-corrected chi connectivity index (χ2v) is 7.25. The number of carbonyl (C=O) groups excluding carboxylic acids is 2. The smallest absolute Gasteiger partial charge is 0.287 e. The number of hydrogen-bond donors (Lipinski definition) is 1. The van der Waals surface area contributed by atoms with E-state index in [9.17, 15) is 9.59 Å². The molecule has 1 N–H and O–H groups in total. The number of aromatic nitrogens is 2. The Morgan fingerprint density at radius 3 is 2.50 bits per heavy atom. The van der Waals surface area contributed by atoms with E-state index in [0.29, 0.717) is 5.52 Å². The van der Waals surface area contributed by atoms with E-state index in [1.54, 1.807) is 22.5 Å². The van der Waals surface area contributed by atoms with Gasteiger partial charge in [-0.1, -0.05) is 43.5 Å². The summed E-state index contributed by atoms with van der Waals surface area (Å²) in [7, 11) is 1.72. The van der Waals surface area contributed by atoms with Crippen LogP contribution in [0.1, 0.15) is 53.2 Å². The summed E-state index contributed by atoms with van der Waals surface area (Å²) in [5, 5.41) is 3.09. The predicted molar refractivity (Wildman–Crippen MR) is 109 cm³/mol. The first-order valence-corrected chi connectivity index (χ1v) is 9.76. The van der Waals surface area contributed by atoms with E-state index in [4.69, 9.17) is 0 Å². The Hall–Kier alpha value is -3.15. The van der Waals surface area contributed by atoms with Crippen molar-refractivity contribution in [1.82, 2.24) is 14.7 Å². The van der Waals surface area contributed by atoms with Crippen LogP contribution < -0.4 is 10.2 Å². The van der Waals surface area contributed by atoms with Gasteiger partial charge in [-0.2, -0.15) is 0 Å². The van der Waals surface area contributed by atoms with Crippen LogP contribution in [0.25, 0.3) is 5.52 Å². The van der Waals surface area contributed by atoms with Crippen molar-refractivity contribution in [3.63, 3.8) is 0 Å². The van der Waals surface area contributed by atoms with Crippen LogP contribution in [-0.4, -0.2) is 34.3 Å². The molecule has 2 amide bonds. The van der Waals surface area contributed by atoms with Crippen molar-refractivity contribution < 1.29 is 9.59 Å². The van der Waals surface area contributed by atoms with E-state index in [-0.39, 0.29) is 29.4 Å². The molecule has 28 heavy (non-hydrogen) atoms. The maximum atomic E-state index is 13.1. The van der Waals surface area contributed by atoms with Gasteiger partial charge < -0.3 is 10.2 Å². The molecule has 0 bridgehead atoms. The summed E-state index contributed by atoms with van der Waals surface area (Å²) in [5.74, 6) is -0.216. The third kappa shape index (κ3) is 3.50. The van der Waals surface area contributed by atoms with E-state index in [1.807, 2.05) is 48.5 Å². The predicted octanol–water partition coefficient (Wildman–Crippen LogP) is 3.67.